The molecule has 2 heterocycles. The van der Waals surface area contributed by atoms with Gasteiger partial charge in [-0.25, -0.2) is 9.59 Å². The van der Waals surface area contributed by atoms with Gasteiger partial charge in [-0.15, -0.1) is 22.7 Å². The summed E-state index contributed by atoms with van der Waals surface area (Å²) in [6, 6.07) is 11.4. The van der Waals surface area contributed by atoms with E-state index < -0.39 is 28.9 Å². The van der Waals surface area contributed by atoms with Crippen molar-refractivity contribution < 1.29 is 34.4 Å². The molecule has 0 radical (unpaired) electrons. The maximum absolute atomic E-state index is 12.2. The number of aliphatic hydroxyl groups excluding tert-OH is 1. The number of hydrogen-bond donors (Lipinski definition) is 3. The summed E-state index contributed by atoms with van der Waals surface area (Å²) in [5.74, 6) is -1.68. The Labute approximate surface area is 198 Å². The second-order valence-electron chi connectivity index (χ2n) is 7.15. The van der Waals surface area contributed by atoms with Gasteiger partial charge in [0.2, 0.25) is 0 Å². The Bertz CT molecular complexity index is 1420. The number of ether oxygens (including phenoxy) is 2. The summed E-state index contributed by atoms with van der Waals surface area (Å²) in [4.78, 5) is 46.5. The van der Waals surface area contributed by atoms with Gasteiger partial charge in [0.15, 0.2) is 10.9 Å². The summed E-state index contributed by atoms with van der Waals surface area (Å²) >= 11 is 1.95. The molecule has 2 aromatic carbocycles. The normalized spacial score (nSPS) is 11.1. The highest BCUT2D eigenvalue weighted by Crippen LogP contribution is 2.25. The number of fused-ring (bicyclic) bond motifs is 2. The van der Waals surface area contributed by atoms with Crippen LogP contribution in [0, 0.1) is 0 Å². The fraction of sp³-hybridized carbons (Fsp3) is 0.130. The van der Waals surface area contributed by atoms with Gasteiger partial charge in [0.1, 0.15) is 40.6 Å². The zero-order valence-electron chi connectivity index (χ0n) is 17.2. The van der Waals surface area contributed by atoms with Crippen LogP contribution in [0.25, 0.3) is 20.2 Å². The molecule has 0 amide bonds. The van der Waals surface area contributed by atoms with Crippen molar-refractivity contribution in [3.63, 3.8) is 0 Å². The lowest BCUT2D eigenvalue weighted by atomic mass is 10.2. The van der Waals surface area contributed by atoms with Crippen LogP contribution >= 0.6 is 22.7 Å². The van der Waals surface area contributed by atoms with E-state index in [2.05, 4.69) is 0 Å². The lowest BCUT2D eigenvalue weighted by Gasteiger charge is -2.14. The van der Waals surface area contributed by atoms with Crippen LogP contribution in [-0.2, 0) is 0 Å². The third-order valence-corrected chi connectivity index (χ3v) is 6.88. The van der Waals surface area contributed by atoms with Crippen LogP contribution in [0.1, 0.15) is 19.3 Å². The van der Waals surface area contributed by atoms with Crippen LogP contribution in [0.3, 0.4) is 0 Å². The number of carboxylic acids is 2. The highest BCUT2D eigenvalue weighted by Gasteiger charge is 2.13. The van der Waals surface area contributed by atoms with Gasteiger partial charge in [-0.2, -0.15) is 0 Å². The highest BCUT2D eigenvalue weighted by atomic mass is 32.1. The molecule has 174 valence electrons. The van der Waals surface area contributed by atoms with Crippen molar-refractivity contribution in [2.75, 3.05) is 13.2 Å². The zero-order chi connectivity index (χ0) is 24.4. The average molecular weight is 501 g/mol. The molecule has 0 saturated heterocycles. The summed E-state index contributed by atoms with van der Waals surface area (Å²) in [6.45, 7) is -0.276. The Morgan fingerprint density at radius 1 is 0.735 bits per heavy atom. The number of hydrogen-bond acceptors (Lipinski definition) is 9. The number of carboxylic acid groups (broad SMARTS) is 2. The zero-order valence-corrected chi connectivity index (χ0v) is 18.9. The van der Waals surface area contributed by atoms with Crippen molar-refractivity contribution in [1.82, 2.24) is 0 Å². The molecule has 2 aromatic heterocycles. The second-order valence-corrected chi connectivity index (χ2v) is 9.32. The van der Waals surface area contributed by atoms with Gasteiger partial charge in [-0.3, -0.25) is 9.59 Å². The first-order valence-corrected chi connectivity index (χ1v) is 11.4. The molecule has 3 N–H and O–H groups in total. The van der Waals surface area contributed by atoms with Crippen LogP contribution < -0.4 is 20.3 Å². The highest BCUT2D eigenvalue weighted by molar-refractivity contribution is 7.20. The maximum atomic E-state index is 12.2. The number of benzene rings is 2. The lowest BCUT2D eigenvalue weighted by Crippen LogP contribution is -2.25. The minimum Gasteiger partial charge on any atom is -0.491 e. The summed E-state index contributed by atoms with van der Waals surface area (Å²) in [5, 5.41) is 29.0. The lowest BCUT2D eigenvalue weighted by molar-refractivity contribution is 0.0627. The molecule has 0 fully saturated rings. The fourth-order valence-corrected chi connectivity index (χ4v) is 4.89. The molecular formula is C23H16O9S2. The quantitative estimate of drug-likeness (QED) is 0.332. The number of carbonyl (C=O) groups is 2. The van der Waals surface area contributed by atoms with Gasteiger partial charge in [0.05, 0.1) is 0 Å². The monoisotopic (exact) mass is 500 g/mol. The fourth-order valence-electron chi connectivity index (χ4n) is 3.09. The Hall–Kier alpha value is -3.80. The van der Waals surface area contributed by atoms with Gasteiger partial charge in [0, 0.05) is 32.3 Å². The molecule has 0 spiro atoms. The van der Waals surface area contributed by atoms with Crippen LogP contribution in [0.15, 0.2) is 58.1 Å². The van der Waals surface area contributed by atoms with E-state index >= 15 is 0 Å². The second kappa shape index (κ2) is 9.59. The van der Waals surface area contributed by atoms with Gasteiger partial charge in [0.25, 0.3) is 0 Å². The molecule has 4 rings (SSSR count). The summed E-state index contributed by atoms with van der Waals surface area (Å²) in [6.07, 6.45) is -1.03. The van der Waals surface area contributed by atoms with Gasteiger partial charge in [-0.05, 0) is 36.4 Å². The molecule has 34 heavy (non-hydrogen) atoms. The largest absolute Gasteiger partial charge is 0.491 e. The molecule has 11 heteroatoms. The van der Waals surface area contributed by atoms with Crippen LogP contribution in [-0.4, -0.2) is 46.6 Å². The van der Waals surface area contributed by atoms with Crippen molar-refractivity contribution in [3.8, 4) is 11.5 Å². The predicted molar refractivity (Wildman–Crippen MR) is 127 cm³/mol. The summed E-state index contributed by atoms with van der Waals surface area (Å²) in [5.41, 5.74) is -0.878. The van der Waals surface area contributed by atoms with Crippen molar-refractivity contribution in [1.29, 1.82) is 0 Å². The predicted octanol–water partition coefficient (Wildman–Crippen LogP) is 3.05. The first-order valence-electron chi connectivity index (χ1n) is 9.77. The molecule has 0 aliphatic carbocycles. The van der Waals surface area contributed by atoms with Crippen molar-refractivity contribution in [2.24, 2.45) is 0 Å². The van der Waals surface area contributed by atoms with E-state index in [4.69, 9.17) is 19.7 Å². The number of rotatable bonds is 8. The first-order chi connectivity index (χ1) is 16.2. The molecule has 0 atom stereocenters. The molecule has 0 aliphatic rings. The minimum atomic E-state index is -1.17. The number of aliphatic hydroxyl groups is 1. The van der Waals surface area contributed by atoms with E-state index in [1.54, 1.807) is 24.3 Å². The Morgan fingerprint density at radius 3 is 1.53 bits per heavy atom. The van der Waals surface area contributed by atoms with Crippen LogP contribution in [0.4, 0.5) is 0 Å². The van der Waals surface area contributed by atoms with E-state index in [0.29, 0.717) is 31.7 Å². The Balaban J connectivity index is 1.40. The van der Waals surface area contributed by atoms with Crippen LogP contribution in [0.2, 0.25) is 0 Å². The van der Waals surface area contributed by atoms with E-state index in [1.165, 1.54) is 12.1 Å². The van der Waals surface area contributed by atoms with Crippen molar-refractivity contribution in [2.45, 2.75) is 6.10 Å². The van der Waals surface area contributed by atoms with Gasteiger partial charge < -0.3 is 24.8 Å². The van der Waals surface area contributed by atoms with E-state index in [-0.39, 0.29) is 23.0 Å². The molecule has 0 unspecified atom stereocenters. The summed E-state index contributed by atoms with van der Waals surface area (Å²) < 4.78 is 12.1. The third kappa shape index (κ3) is 5.06. The molecule has 9 nitrogen and oxygen atoms in total. The standard InChI is InChI=1S/C23H16O9S2/c24-11(9-31-12-1-3-18-14(5-12)16(25)7-20(33-18)22(27)28)10-32-13-2-4-19-15(6-13)17(26)8-21(34-19)23(29)30/h1-8,11,24H,9-10H2,(H,27,28)(H,29,30). The van der Waals surface area contributed by atoms with E-state index in [0.717, 1.165) is 34.8 Å². The van der Waals surface area contributed by atoms with E-state index in [1.807, 2.05) is 0 Å². The Kier molecular flexibility index (Phi) is 6.59. The minimum absolute atomic E-state index is 0.0560. The molecule has 0 saturated carbocycles. The maximum Gasteiger partial charge on any atom is 0.346 e. The molecule has 0 aliphatic heterocycles. The van der Waals surface area contributed by atoms with Gasteiger partial charge >= 0.3 is 11.9 Å². The molecule has 4 aromatic rings. The van der Waals surface area contributed by atoms with Crippen LogP contribution in [0.5, 0.6) is 11.5 Å². The molecular weight excluding hydrogens is 484 g/mol. The molecule has 0 bridgehead atoms. The number of aromatic carboxylic acids is 2. The van der Waals surface area contributed by atoms with Gasteiger partial charge in [-0.1, -0.05) is 0 Å². The SMILES string of the molecule is O=C(O)c1cc(=O)c2cc(OCC(O)COc3ccc4sc(C(=O)O)cc(=O)c4c3)ccc2s1. The summed E-state index contributed by atoms with van der Waals surface area (Å²) in [7, 11) is 0. The van der Waals surface area contributed by atoms with Crippen molar-refractivity contribution >= 4 is 54.8 Å². The average Bonchev–Trinajstić information content (AvgIpc) is 2.81. The van der Waals surface area contributed by atoms with Crippen molar-refractivity contribution in [3.05, 3.63) is 78.7 Å². The topological polar surface area (TPSA) is 147 Å². The smallest absolute Gasteiger partial charge is 0.346 e. The van der Waals surface area contributed by atoms with E-state index in [9.17, 15) is 24.3 Å². The first kappa shape index (κ1) is 23.4. The third-order valence-electron chi connectivity index (χ3n) is 4.70. The Morgan fingerprint density at radius 2 is 1.15 bits per heavy atom.